The first-order valence-electron chi connectivity index (χ1n) is 10.3. The number of aromatic hydroxyl groups is 1. The van der Waals surface area contributed by atoms with E-state index in [0.29, 0.717) is 35.3 Å². The van der Waals surface area contributed by atoms with Crippen molar-refractivity contribution in [1.29, 1.82) is 0 Å². The van der Waals surface area contributed by atoms with Gasteiger partial charge in [-0.15, -0.1) is 0 Å². The maximum Gasteiger partial charge on any atom is 0.235 e. The van der Waals surface area contributed by atoms with Crippen molar-refractivity contribution in [2.45, 2.75) is 12.8 Å². The number of allylic oxidation sites excluding steroid dienone is 3. The lowest BCUT2D eigenvalue weighted by molar-refractivity contribution is -0.131. The molecule has 1 aromatic rings. The molecule has 7 heteroatoms. The van der Waals surface area contributed by atoms with Crippen LogP contribution in [-0.4, -0.2) is 73.5 Å². The van der Waals surface area contributed by atoms with E-state index in [9.17, 15) is 14.7 Å². The Kier molecular flexibility index (Phi) is 5.56. The van der Waals surface area contributed by atoms with Gasteiger partial charge in [0.25, 0.3) is 0 Å². The van der Waals surface area contributed by atoms with Gasteiger partial charge < -0.3 is 14.9 Å². The molecule has 0 amide bonds. The summed E-state index contributed by atoms with van der Waals surface area (Å²) in [5.74, 6) is -0.852. The Balaban J connectivity index is 1.91. The number of phenolic OH excluding ortho intramolecular Hbond substituents is 1. The van der Waals surface area contributed by atoms with Crippen LogP contribution in [0.2, 0.25) is 0 Å². The highest BCUT2D eigenvalue weighted by Crippen LogP contribution is 2.32. The van der Waals surface area contributed by atoms with E-state index in [1.54, 1.807) is 24.4 Å². The second-order valence-electron chi connectivity index (χ2n) is 8.47. The standard InChI is InChI=1S/C24H26N4O3/c1-27(2)11-9-14-13-25-23-16(5-7-18(29)20(14)23)22-15(10-12-28(3)4)21-17(26-22)6-8-19(30)24(21)31/h5-8,13,29H,9-12H2,1-4H3. The van der Waals surface area contributed by atoms with Gasteiger partial charge in [-0.3, -0.25) is 14.6 Å². The second-order valence-corrected chi connectivity index (χ2v) is 8.47. The Morgan fingerprint density at radius 1 is 0.968 bits per heavy atom. The zero-order chi connectivity index (χ0) is 22.3. The van der Waals surface area contributed by atoms with E-state index < -0.39 is 11.6 Å². The highest BCUT2D eigenvalue weighted by molar-refractivity contribution is 6.58. The number of benzene rings is 1. The number of rotatable bonds is 6. The van der Waals surface area contributed by atoms with Crippen LogP contribution in [0, 0.1) is 0 Å². The van der Waals surface area contributed by atoms with Crippen LogP contribution in [0.1, 0.15) is 18.4 Å². The predicted octanol–water partition coefficient (Wildman–Crippen LogP) is 0.837. The third kappa shape index (κ3) is 3.82. The molecule has 1 aromatic carbocycles. The van der Waals surface area contributed by atoms with Gasteiger partial charge in [-0.1, -0.05) is 0 Å². The molecule has 0 atom stereocenters. The summed E-state index contributed by atoms with van der Waals surface area (Å²) in [6.07, 6.45) is 6.03. The van der Waals surface area contributed by atoms with Crippen LogP contribution >= 0.6 is 0 Å². The fourth-order valence-corrected chi connectivity index (χ4v) is 4.01. The summed E-state index contributed by atoms with van der Waals surface area (Å²) in [5.41, 5.74) is 4.02. The fourth-order valence-electron chi connectivity index (χ4n) is 4.01. The van der Waals surface area contributed by atoms with Gasteiger partial charge in [0.1, 0.15) is 5.75 Å². The molecule has 0 saturated carbocycles. The van der Waals surface area contributed by atoms with E-state index >= 15 is 0 Å². The molecule has 0 bridgehead atoms. The molecule has 3 aliphatic rings. The first-order valence-corrected chi connectivity index (χ1v) is 10.3. The monoisotopic (exact) mass is 418 g/mol. The fraction of sp³-hybridized carbons (Fsp3) is 0.333. The summed E-state index contributed by atoms with van der Waals surface area (Å²) < 4.78 is 0. The number of aliphatic imine (C=N–C) groups is 1. The van der Waals surface area contributed by atoms with E-state index in [1.807, 2.05) is 33.1 Å². The van der Waals surface area contributed by atoms with Gasteiger partial charge in [0.05, 0.1) is 22.3 Å². The van der Waals surface area contributed by atoms with Crippen molar-refractivity contribution in [3.63, 3.8) is 0 Å². The van der Waals surface area contributed by atoms with Gasteiger partial charge in [-0.25, -0.2) is 4.99 Å². The van der Waals surface area contributed by atoms with Crippen LogP contribution in [0.4, 0.5) is 0 Å². The zero-order valence-electron chi connectivity index (χ0n) is 18.3. The summed E-state index contributed by atoms with van der Waals surface area (Å²) in [6.45, 7) is 1.54. The minimum atomic E-state index is -0.522. The van der Waals surface area contributed by atoms with Gasteiger partial charge in [-0.2, -0.15) is 0 Å². The number of hydrogen-bond acceptors (Lipinski definition) is 7. The number of hydrogen-bond donors (Lipinski definition) is 1. The summed E-state index contributed by atoms with van der Waals surface area (Å²) in [7, 11) is 7.93. The van der Waals surface area contributed by atoms with Crippen molar-refractivity contribution in [3.05, 3.63) is 57.8 Å². The zero-order valence-corrected chi connectivity index (χ0v) is 18.3. The van der Waals surface area contributed by atoms with Crippen LogP contribution in [-0.2, 0) is 9.59 Å². The quantitative estimate of drug-likeness (QED) is 0.692. The molecule has 2 aliphatic heterocycles. The van der Waals surface area contributed by atoms with Crippen LogP contribution in [0.5, 0.6) is 5.75 Å². The van der Waals surface area contributed by atoms with Crippen molar-refractivity contribution in [2.24, 2.45) is 9.98 Å². The molecule has 160 valence electrons. The molecule has 0 fully saturated rings. The van der Waals surface area contributed by atoms with Gasteiger partial charge in [-0.05, 0) is 76.5 Å². The van der Waals surface area contributed by atoms with Crippen molar-refractivity contribution >= 4 is 28.5 Å². The molecule has 0 spiro atoms. The summed E-state index contributed by atoms with van der Waals surface area (Å²) in [6, 6.07) is 3.45. The molecule has 4 rings (SSSR count). The average Bonchev–Trinajstić information content (AvgIpc) is 3.30. The van der Waals surface area contributed by atoms with Gasteiger partial charge in [0, 0.05) is 30.1 Å². The number of Topliss-reactive ketones (excluding diaryl/α,β-unsaturated/α-hetero) is 1. The van der Waals surface area contributed by atoms with Crippen molar-refractivity contribution in [2.75, 3.05) is 41.3 Å². The van der Waals surface area contributed by atoms with Crippen LogP contribution < -0.4 is 10.6 Å². The molecular weight excluding hydrogens is 392 g/mol. The second kappa shape index (κ2) is 8.17. The number of fused-ring (bicyclic) bond motifs is 2. The average molecular weight is 418 g/mol. The van der Waals surface area contributed by atoms with Crippen molar-refractivity contribution in [1.82, 2.24) is 9.80 Å². The van der Waals surface area contributed by atoms with E-state index in [0.717, 1.165) is 34.9 Å². The van der Waals surface area contributed by atoms with Gasteiger partial charge in [0.2, 0.25) is 11.6 Å². The molecule has 31 heavy (non-hydrogen) atoms. The molecule has 1 N–H and O–H groups in total. The maximum atomic E-state index is 12.7. The van der Waals surface area contributed by atoms with Crippen molar-refractivity contribution < 1.29 is 14.7 Å². The van der Waals surface area contributed by atoms with E-state index in [1.165, 1.54) is 6.08 Å². The third-order valence-corrected chi connectivity index (χ3v) is 5.64. The molecule has 7 nitrogen and oxygen atoms in total. The SMILES string of the molecule is CN(C)CCC1=CN=c2c1c(O)ccc2=C1N=C2C=CC(=O)C(=O)C2=C1CCN(C)C. The minimum absolute atomic E-state index is 0.183. The first-order chi connectivity index (χ1) is 14.8. The topological polar surface area (TPSA) is 85.6 Å². The van der Waals surface area contributed by atoms with Gasteiger partial charge >= 0.3 is 0 Å². The highest BCUT2D eigenvalue weighted by atomic mass is 16.3. The summed E-state index contributed by atoms with van der Waals surface area (Å²) >= 11 is 0. The lowest BCUT2D eigenvalue weighted by atomic mass is 9.91. The number of phenols is 1. The van der Waals surface area contributed by atoms with Gasteiger partial charge in [0.15, 0.2) is 0 Å². The van der Waals surface area contributed by atoms with Crippen LogP contribution in [0.25, 0.3) is 11.3 Å². The summed E-state index contributed by atoms with van der Waals surface area (Å²) in [4.78, 5) is 38.2. The largest absolute Gasteiger partial charge is 0.507 e. The van der Waals surface area contributed by atoms with E-state index in [-0.39, 0.29) is 5.75 Å². The Hall–Kier alpha value is -3.16. The van der Waals surface area contributed by atoms with Crippen molar-refractivity contribution in [3.8, 4) is 5.75 Å². The van der Waals surface area contributed by atoms with E-state index in [2.05, 4.69) is 9.89 Å². The molecular formula is C24H26N4O3. The van der Waals surface area contributed by atoms with Crippen LogP contribution in [0.15, 0.2) is 51.6 Å². The molecule has 0 saturated heterocycles. The number of ketones is 2. The number of carbonyl (C=O) groups is 2. The number of carbonyl (C=O) groups excluding carboxylic acids is 2. The smallest absolute Gasteiger partial charge is 0.235 e. The first kappa shape index (κ1) is 21.1. The summed E-state index contributed by atoms with van der Waals surface area (Å²) in [5, 5.41) is 12.0. The normalized spacial score (nSPS) is 19.2. The predicted molar refractivity (Wildman–Crippen MR) is 120 cm³/mol. The maximum absolute atomic E-state index is 12.7. The lowest BCUT2D eigenvalue weighted by Gasteiger charge is -2.13. The van der Waals surface area contributed by atoms with E-state index in [4.69, 9.17) is 4.99 Å². The molecule has 2 heterocycles. The lowest BCUT2D eigenvalue weighted by Crippen LogP contribution is -2.30. The molecule has 0 unspecified atom stereocenters. The Morgan fingerprint density at radius 2 is 1.68 bits per heavy atom. The molecule has 1 aliphatic carbocycles. The Bertz CT molecular complexity index is 1230. The minimum Gasteiger partial charge on any atom is -0.507 e. The Labute approximate surface area is 181 Å². The molecule has 0 aromatic heterocycles. The highest BCUT2D eigenvalue weighted by Gasteiger charge is 2.34. The Morgan fingerprint density at radius 3 is 2.39 bits per heavy atom. The van der Waals surface area contributed by atoms with Crippen LogP contribution in [0.3, 0.4) is 0 Å². The number of nitrogens with zero attached hydrogens (tertiary/aromatic N) is 4. The molecule has 0 radical (unpaired) electrons. The third-order valence-electron chi connectivity index (χ3n) is 5.64.